The van der Waals surface area contributed by atoms with Gasteiger partial charge in [-0.15, -0.1) is 0 Å². The Hall–Kier alpha value is -2.30. The van der Waals surface area contributed by atoms with Gasteiger partial charge in [0.05, 0.1) is 25.2 Å². The Kier molecular flexibility index (Phi) is 6.29. The largest absolute Gasteiger partial charge is 0.466 e. The minimum atomic E-state index is -0.396. The zero-order valence-corrected chi connectivity index (χ0v) is 11.7. The molecule has 108 valence electrons. The number of hydrogen-bond donors (Lipinski definition) is 1. The highest BCUT2D eigenvalue weighted by atomic mass is 16.5. The number of carbonyl (C=O) groups excluding carboxylic acids is 2. The molecule has 0 amide bonds. The zero-order valence-electron chi connectivity index (χ0n) is 11.7. The maximum atomic E-state index is 11.6. The number of benzene rings is 1. The summed E-state index contributed by atoms with van der Waals surface area (Å²) in [4.78, 5) is 22.8. The highest BCUT2D eigenvalue weighted by molar-refractivity contribution is 5.91. The number of hydrogen-bond acceptors (Lipinski definition) is 5. The molecule has 0 aliphatic carbocycles. The van der Waals surface area contributed by atoms with Crippen molar-refractivity contribution in [2.24, 2.45) is 0 Å². The quantitative estimate of drug-likeness (QED) is 0.638. The van der Waals surface area contributed by atoms with Crippen molar-refractivity contribution in [3.05, 3.63) is 35.4 Å². The van der Waals surface area contributed by atoms with Crippen LogP contribution in [0.25, 0.3) is 6.08 Å². The summed E-state index contributed by atoms with van der Waals surface area (Å²) in [6.45, 7) is 4.17. The molecule has 1 aromatic rings. The van der Waals surface area contributed by atoms with E-state index in [1.54, 1.807) is 44.2 Å². The van der Waals surface area contributed by atoms with Gasteiger partial charge in [0.2, 0.25) is 0 Å². The van der Waals surface area contributed by atoms with Crippen LogP contribution in [-0.4, -0.2) is 25.2 Å². The molecular formula is C15H19NO4. The molecule has 20 heavy (non-hydrogen) atoms. The van der Waals surface area contributed by atoms with Gasteiger partial charge in [0.1, 0.15) is 0 Å². The molecule has 0 spiro atoms. The molecule has 5 nitrogen and oxygen atoms in total. The van der Waals surface area contributed by atoms with Gasteiger partial charge in [-0.05, 0) is 37.6 Å². The average Bonchev–Trinajstić information content (AvgIpc) is 2.41. The number of esters is 2. The van der Waals surface area contributed by atoms with E-state index in [9.17, 15) is 9.59 Å². The van der Waals surface area contributed by atoms with Crippen LogP contribution in [0.1, 0.15) is 36.2 Å². The molecule has 0 aliphatic heterocycles. The number of nitrogen functional groups attached to an aromatic ring is 1. The molecule has 0 fully saturated rings. The maximum absolute atomic E-state index is 11.6. The van der Waals surface area contributed by atoms with Crippen molar-refractivity contribution in [2.75, 3.05) is 18.9 Å². The highest BCUT2D eigenvalue weighted by Crippen LogP contribution is 2.17. The van der Waals surface area contributed by atoms with Gasteiger partial charge in [0.15, 0.2) is 0 Å². The van der Waals surface area contributed by atoms with Crippen LogP contribution in [0.5, 0.6) is 0 Å². The minimum Gasteiger partial charge on any atom is -0.466 e. The third-order valence-electron chi connectivity index (χ3n) is 2.49. The number of ether oxygens (including phenoxy) is 2. The maximum Gasteiger partial charge on any atom is 0.338 e. The van der Waals surface area contributed by atoms with E-state index in [1.807, 2.05) is 0 Å². The fourth-order valence-corrected chi connectivity index (χ4v) is 1.56. The molecule has 1 rings (SSSR count). The second kappa shape index (κ2) is 7.99. The van der Waals surface area contributed by atoms with E-state index in [1.165, 1.54) is 0 Å². The van der Waals surface area contributed by atoms with Gasteiger partial charge in [0, 0.05) is 5.69 Å². The van der Waals surface area contributed by atoms with Crippen LogP contribution >= 0.6 is 0 Å². The van der Waals surface area contributed by atoms with E-state index >= 15 is 0 Å². The lowest BCUT2D eigenvalue weighted by Crippen LogP contribution is -2.05. The van der Waals surface area contributed by atoms with Gasteiger partial charge in [-0.25, -0.2) is 4.79 Å². The standard InChI is InChI=1S/C15H19NO4/c1-3-19-14(17)7-5-6-11-10-12(8-9-13(11)16)15(18)20-4-2/h5-6,8-10H,3-4,7,16H2,1-2H3. The SMILES string of the molecule is CCOC(=O)CC=Cc1cc(C(=O)OCC)ccc1N. The van der Waals surface area contributed by atoms with Crippen LogP contribution in [0.15, 0.2) is 24.3 Å². The molecule has 0 radical (unpaired) electrons. The molecule has 0 aliphatic rings. The Morgan fingerprint density at radius 3 is 2.55 bits per heavy atom. The lowest BCUT2D eigenvalue weighted by molar-refractivity contribution is -0.142. The first-order chi connectivity index (χ1) is 9.58. The molecule has 1 aromatic carbocycles. The molecule has 0 aromatic heterocycles. The molecule has 5 heteroatoms. The van der Waals surface area contributed by atoms with Crippen LogP contribution in [0.3, 0.4) is 0 Å². The molecule has 0 heterocycles. The van der Waals surface area contributed by atoms with Crippen molar-refractivity contribution in [2.45, 2.75) is 20.3 Å². The monoisotopic (exact) mass is 277 g/mol. The second-order valence-electron chi connectivity index (χ2n) is 3.98. The summed E-state index contributed by atoms with van der Waals surface area (Å²) in [5, 5.41) is 0. The summed E-state index contributed by atoms with van der Waals surface area (Å²) in [6, 6.07) is 4.88. The smallest absolute Gasteiger partial charge is 0.338 e. The molecule has 0 bridgehead atoms. The Morgan fingerprint density at radius 1 is 1.20 bits per heavy atom. The Bertz CT molecular complexity index is 509. The highest BCUT2D eigenvalue weighted by Gasteiger charge is 2.08. The molecule has 0 saturated carbocycles. The summed E-state index contributed by atoms with van der Waals surface area (Å²) in [7, 11) is 0. The first-order valence-corrected chi connectivity index (χ1v) is 6.47. The zero-order chi connectivity index (χ0) is 15.0. The molecule has 0 unspecified atom stereocenters. The van der Waals surface area contributed by atoms with E-state index in [2.05, 4.69) is 0 Å². The van der Waals surface area contributed by atoms with Crippen molar-refractivity contribution >= 4 is 23.7 Å². The van der Waals surface area contributed by atoms with Crippen LogP contribution in [0.2, 0.25) is 0 Å². The predicted molar refractivity (Wildman–Crippen MR) is 77.1 cm³/mol. The van der Waals surface area contributed by atoms with E-state index in [0.29, 0.717) is 30.0 Å². The van der Waals surface area contributed by atoms with Crippen LogP contribution in [-0.2, 0) is 14.3 Å². The molecule has 0 saturated heterocycles. The van der Waals surface area contributed by atoms with Gasteiger partial charge in [-0.2, -0.15) is 0 Å². The summed E-state index contributed by atoms with van der Waals surface area (Å²) in [5.41, 5.74) is 7.44. The number of carbonyl (C=O) groups is 2. The van der Waals surface area contributed by atoms with Crippen molar-refractivity contribution < 1.29 is 19.1 Å². The van der Waals surface area contributed by atoms with Gasteiger partial charge in [-0.1, -0.05) is 12.2 Å². The van der Waals surface area contributed by atoms with Crippen molar-refractivity contribution in [1.82, 2.24) is 0 Å². The number of nitrogens with two attached hydrogens (primary N) is 1. The Balaban J connectivity index is 2.78. The molecule has 0 atom stereocenters. The third-order valence-corrected chi connectivity index (χ3v) is 2.49. The average molecular weight is 277 g/mol. The third kappa shape index (κ3) is 4.76. The lowest BCUT2D eigenvalue weighted by Gasteiger charge is -2.05. The fraction of sp³-hybridized carbons (Fsp3) is 0.333. The van der Waals surface area contributed by atoms with Crippen molar-refractivity contribution in [1.29, 1.82) is 0 Å². The predicted octanol–water partition coefficient (Wildman–Crippen LogP) is 2.41. The topological polar surface area (TPSA) is 78.6 Å². The van der Waals surface area contributed by atoms with Crippen LogP contribution < -0.4 is 5.73 Å². The van der Waals surface area contributed by atoms with Gasteiger partial charge in [0.25, 0.3) is 0 Å². The minimum absolute atomic E-state index is 0.164. The van der Waals surface area contributed by atoms with E-state index in [-0.39, 0.29) is 12.4 Å². The molecule has 2 N–H and O–H groups in total. The van der Waals surface area contributed by atoms with Crippen LogP contribution in [0.4, 0.5) is 5.69 Å². The lowest BCUT2D eigenvalue weighted by atomic mass is 10.1. The van der Waals surface area contributed by atoms with Crippen molar-refractivity contribution in [3.8, 4) is 0 Å². The van der Waals surface area contributed by atoms with E-state index < -0.39 is 5.97 Å². The number of anilines is 1. The summed E-state index contributed by atoms with van der Waals surface area (Å²) in [5.74, 6) is -0.698. The molecular weight excluding hydrogens is 258 g/mol. The van der Waals surface area contributed by atoms with Crippen molar-refractivity contribution in [3.63, 3.8) is 0 Å². The first-order valence-electron chi connectivity index (χ1n) is 6.47. The van der Waals surface area contributed by atoms with Gasteiger partial charge >= 0.3 is 11.9 Å². The second-order valence-corrected chi connectivity index (χ2v) is 3.98. The Labute approximate surface area is 118 Å². The number of rotatable bonds is 6. The van der Waals surface area contributed by atoms with Gasteiger partial charge < -0.3 is 15.2 Å². The van der Waals surface area contributed by atoms with Gasteiger partial charge in [-0.3, -0.25) is 4.79 Å². The Morgan fingerprint density at radius 2 is 1.90 bits per heavy atom. The van der Waals surface area contributed by atoms with Crippen LogP contribution in [0, 0.1) is 0 Å². The normalized spacial score (nSPS) is 10.5. The fourth-order valence-electron chi connectivity index (χ4n) is 1.56. The summed E-state index contributed by atoms with van der Waals surface area (Å²) < 4.78 is 9.73. The summed E-state index contributed by atoms with van der Waals surface area (Å²) in [6.07, 6.45) is 3.50. The van der Waals surface area contributed by atoms with E-state index in [4.69, 9.17) is 15.2 Å². The first kappa shape index (κ1) is 15.8. The van der Waals surface area contributed by atoms with E-state index in [0.717, 1.165) is 0 Å². The summed E-state index contributed by atoms with van der Waals surface area (Å²) >= 11 is 0.